The van der Waals surface area contributed by atoms with Crippen LogP contribution in [-0.2, 0) is 54.3 Å². The average molecular weight is 1090 g/mol. The van der Waals surface area contributed by atoms with Gasteiger partial charge in [0.1, 0.15) is 29.1 Å². The molecule has 3 amide bonds. The van der Waals surface area contributed by atoms with E-state index in [0.29, 0.717) is 51.4 Å². The fraction of sp³-hybridized carbons (Fsp3) is 0.547. The number of hydrogen-bond acceptors (Lipinski definition) is 9. The van der Waals surface area contributed by atoms with E-state index in [4.69, 9.17) is 9.72 Å². The van der Waals surface area contributed by atoms with Gasteiger partial charge < -0.3 is 19.5 Å². The Morgan fingerprint density at radius 1 is 0.886 bits per heavy atom. The Morgan fingerprint density at radius 3 is 2.42 bits per heavy atom. The van der Waals surface area contributed by atoms with E-state index in [1.807, 2.05) is 58.7 Å². The van der Waals surface area contributed by atoms with Crippen molar-refractivity contribution in [3.8, 4) is 22.4 Å². The molecule has 418 valence electrons. The average Bonchev–Trinajstić information content (AvgIpc) is 3.86. The van der Waals surface area contributed by atoms with Crippen molar-refractivity contribution < 1.29 is 28.1 Å². The molecule has 2 N–H and O–H groups in total. The third kappa shape index (κ3) is 10.6. The fourth-order valence-corrected chi connectivity index (χ4v) is 15.9. The Morgan fingerprint density at radius 2 is 1.66 bits per heavy atom. The number of rotatable bonds is 11. The molecule has 6 bridgehead atoms. The van der Waals surface area contributed by atoms with Gasteiger partial charge in [0.05, 0.1) is 35.0 Å². The zero-order chi connectivity index (χ0) is 54.9. The number of benzene rings is 3. The molecule has 8 atom stereocenters. The van der Waals surface area contributed by atoms with E-state index in [0.717, 1.165) is 119 Å². The molecule has 3 aromatic carbocycles. The van der Waals surface area contributed by atoms with Gasteiger partial charge in [0.2, 0.25) is 11.8 Å². The number of hydrogen-bond donors (Lipinski definition) is 2. The molecule has 6 fully saturated rings. The molecule has 1 spiro atoms. The van der Waals surface area contributed by atoms with Crippen molar-refractivity contribution in [2.75, 3.05) is 39.3 Å². The second-order valence-electron chi connectivity index (χ2n) is 25.5. The van der Waals surface area contributed by atoms with Crippen molar-refractivity contribution in [2.24, 2.45) is 22.7 Å². The molecule has 2 aromatic heterocycles. The Bertz CT molecular complexity index is 3180. The van der Waals surface area contributed by atoms with E-state index in [9.17, 15) is 13.8 Å². The number of nitrogens with zero attached hydrogens (tertiary/aromatic N) is 6. The van der Waals surface area contributed by atoms with Gasteiger partial charge in [-0.25, -0.2) is 13.9 Å². The van der Waals surface area contributed by atoms with Crippen LogP contribution in [0.4, 0.5) is 0 Å². The first-order valence-corrected chi connectivity index (χ1v) is 30.7. The highest BCUT2D eigenvalue weighted by molar-refractivity contribution is 7.83. The van der Waals surface area contributed by atoms with Crippen LogP contribution in [0.25, 0.3) is 33.3 Å². The monoisotopic (exact) mass is 1090 g/mol. The summed E-state index contributed by atoms with van der Waals surface area (Å²) >= 11 is 0. The van der Waals surface area contributed by atoms with Crippen molar-refractivity contribution in [3.63, 3.8) is 0 Å². The van der Waals surface area contributed by atoms with Gasteiger partial charge in [-0.3, -0.25) is 34.1 Å². The summed E-state index contributed by atoms with van der Waals surface area (Å²) in [6, 6.07) is 24.7. The first kappa shape index (κ1) is 53.9. The van der Waals surface area contributed by atoms with Crippen molar-refractivity contribution in [2.45, 2.75) is 166 Å². The molecule has 5 aromatic rings. The summed E-state index contributed by atoms with van der Waals surface area (Å²) < 4.78 is 24.5. The maximum Gasteiger partial charge on any atom is 0.324 e. The molecule has 14 nitrogen and oxygen atoms in total. The van der Waals surface area contributed by atoms with Crippen LogP contribution in [0.2, 0.25) is 0 Å². The molecule has 4 saturated heterocycles. The van der Waals surface area contributed by atoms with Crippen LogP contribution < -0.4 is 10.7 Å². The van der Waals surface area contributed by atoms with Crippen LogP contribution in [0, 0.1) is 29.6 Å². The number of likely N-dealkylation sites (tertiary alicyclic amines) is 2. The lowest BCUT2D eigenvalue weighted by molar-refractivity contribution is -0.155. The molecule has 2 aliphatic carbocycles. The molecule has 1 unspecified atom stereocenters. The number of cyclic esters (lactones) is 1. The highest BCUT2D eigenvalue weighted by Gasteiger charge is 2.63. The Labute approximate surface area is 468 Å². The number of aromatic nitrogens is 2. The van der Waals surface area contributed by atoms with Crippen LogP contribution >= 0.6 is 0 Å². The molecular formula is C64H80N8O6S. The standard InChI is InChI=1S/C64H80N8O6S/c1-7-70-53-26-23-46-35-49(53)50(57(70)48-17-11-29-65-54(48)40(2)3)36-63(5,6)39-78-62(76)51-18-12-30-71(67-51)60(74)52(34-42-13-10-16-45(46)33-42)66-59(73)56(43-14-8-9-15-43)68-31-27-64(37-68)28-32-69(38-64)61(75)58-55(44-21-22-44)72(58)79(77)47-24-19-41(4)20-25-47/h10-11,13,16-17,19-20,23-26,29,33,35,40,43-44,51-52,55-56,58,67H,7-9,12,14-15,18,21-22,27-28,30-32,34,36-39H2,1-6H3,(H,66,73)/t51-,52-,55+,56-,58+,64-,72?,79+/m0/s1. The summed E-state index contributed by atoms with van der Waals surface area (Å²) in [5, 5.41) is 6.09. The van der Waals surface area contributed by atoms with E-state index >= 15 is 9.59 Å². The topological polar surface area (TPSA) is 149 Å². The predicted octanol–water partition coefficient (Wildman–Crippen LogP) is 9.14. The Kier molecular flexibility index (Phi) is 14.7. The number of carbonyl (C=O) groups is 4. The number of aryl methyl sites for hydroxylation is 2. The third-order valence-electron chi connectivity index (χ3n) is 18.7. The lowest BCUT2D eigenvalue weighted by Crippen LogP contribution is -2.62. The summed E-state index contributed by atoms with van der Waals surface area (Å²) in [7, 11) is -1.40. The van der Waals surface area contributed by atoms with E-state index in [2.05, 4.69) is 97.3 Å². The quantitative estimate of drug-likeness (QED) is 0.0976. The van der Waals surface area contributed by atoms with Crippen molar-refractivity contribution in [3.05, 3.63) is 107 Å². The molecule has 5 aliphatic heterocycles. The van der Waals surface area contributed by atoms with Gasteiger partial charge in [0, 0.05) is 72.6 Å². The minimum atomic E-state index is -1.40. The minimum Gasteiger partial charge on any atom is -0.464 e. The molecular weight excluding hydrogens is 1010 g/mol. The van der Waals surface area contributed by atoms with E-state index in [1.54, 1.807) is 5.01 Å². The van der Waals surface area contributed by atoms with Crippen LogP contribution in [0.3, 0.4) is 0 Å². The zero-order valence-corrected chi connectivity index (χ0v) is 48.0. The summed E-state index contributed by atoms with van der Waals surface area (Å²) in [6.07, 6.45) is 11.8. The number of ether oxygens (including phenoxy) is 1. The molecule has 0 radical (unpaired) electrons. The summed E-state index contributed by atoms with van der Waals surface area (Å²) in [4.78, 5) is 69.2. The lowest BCUT2D eigenvalue weighted by atomic mass is 9.83. The lowest BCUT2D eigenvalue weighted by Gasteiger charge is -2.37. The van der Waals surface area contributed by atoms with Gasteiger partial charge in [0.15, 0.2) is 0 Å². The summed E-state index contributed by atoms with van der Waals surface area (Å²) in [5.74, 6) is 0.0446. The molecule has 79 heavy (non-hydrogen) atoms. The fourth-order valence-electron chi connectivity index (χ4n) is 14.4. The zero-order valence-electron chi connectivity index (χ0n) is 47.2. The normalized spacial score (nSPS) is 27.4. The molecule has 2 saturated carbocycles. The maximum absolute atomic E-state index is 15.4. The Balaban J connectivity index is 0.829. The number of pyridine rings is 1. The molecule has 15 heteroatoms. The summed E-state index contributed by atoms with van der Waals surface area (Å²) in [5.41, 5.74) is 12.4. The van der Waals surface area contributed by atoms with Crippen molar-refractivity contribution >= 4 is 45.6 Å². The SMILES string of the molecule is CCn1c(-c2cccnc2C(C)C)c2c3cc(ccc31)-c1cccc(c1)C[C@H](NC(=O)[C@H](C1CCCC1)N1CC[C@]3(CCN(C(=O)[C@H]4[C@@H](C5CC5)N4[S@](=O)c4ccc(C)cc4)C3)C1)C(=O)N1CCC[C@H](N1)C(=O)OCC(C)(C)C2. The molecule has 12 rings (SSSR count). The largest absolute Gasteiger partial charge is 0.464 e. The van der Waals surface area contributed by atoms with Gasteiger partial charge in [-0.1, -0.05) is 88.6 Å². The third-order valence-corrected chi connectivity index (χ3v) is 20.3. The first-order chi connectivity index (χ1) is 38.1. The van der Waals surface area contributed by atoms with Crippen LogP contribution in [0.1, 0.15) is 127 Å². The number of esters is 1. The second-order valence-corrected chi connectivity index (χ2v) is 26.9. The Hall–Kier alpha value is -5.74. The second kappa shape index (κ2) is 21.6. The molecule has 7 heterocycles. The van der Waals surface area contributed by atoms with Gasteiger partial charge in [-0.15, -0.1) is 0 Å². The maximum atomic E-state index is 15.4. The number of fused-ring (bicyclic) bond motifs is 6. The number of carbonyl (C=O) groups excluding carboxylic acids is 4. The predicted molar refractivity (Wildman–Crippen MR) is 308 cm³/mol. The number of nitrogens with one attached hydrogen (secondary N) is 2. The van der Waals surface area contributed by atoms with Crippen LogP contribution in [0.5, 0.6) is 0 Å². The van der Waals surface area contributed by atoms with Gasteiger partial charge in [-0.05, 0) is 155 Å². The molecule has 7 aliphatic rings. The smallest absolute Gasteiger partial charge is 0.324 e. The van der Waals surface area contributed by atoms with E-state index < -0.39 is 40.5 Å². The van der Waals surface area contributed by atoms with Crippen LogP contribution in [-0.4, -0.2) is 126 Å². The van der Waals surface area contributed by atoms with Crippen LogP contribution in [0.15, 0.2) is 90.0 Å². The first-order valence-electron chi connectivity index (χ1n) is 29.6. The summed E-state index contributed by atoms with van der Waals surface area (Å²) in [6.45, 7) is 17.0. The highest BCUT2D eigenvalue weighted by atomic mass is 32.2. The van der Waals surface area contributed by atoms with Crippen molar-refractivity contribution in [1.29, 1.82) is 0 Å². The highest BCUT2D eigenvalue weighted by Crippen LogP contribution is 2.51. The van der Waals surface area contributed by atoms with Gasteiger partial charge in [0.25, 0.3) is 5.91 Å². The minimum absolute atomic E-state index is 0.0175. The van der Waals surface area contributed by atoms with Gasteiger partial charge in [-0.2, -0.15) is 0 Å². The van der Waals surface area contributed by atoms with E-state index in [-0.39, 0.29) is 60.1 Å². The number of hydrazine groups is 1. The van der Waals surface area contributed by atoms with Gasteiger partial charge >= 0.3 is 5.97 Å². The van der Waals surface area contributed by atoms with E-state index in [1.165, 1.54) is 5.56 Å². The number of amides is 3. The van der Waals surface area contributed by atoms with Crippen molar-refractivity contribution in [1.82, 2.24) is 39.4 Å².